The highest BCUT2D eigenvalue weighted by atomic mass is 15.2. The maximum Gasteiger partial charge on any atom is 0.0221 e. The van der Waals surface area contributed by atoms with Gasteiger partial charge in [0.15, 0.2) is 0 Å². The summed E-state index contributed by atoms with van der Waals surface area (Å²) in [5.74, 6) is 0.977. The van der Waals surface area contributed by atoms with Crippen LogP contribution in [-0.4, -0.2) is 37.1 Å². The smallest absolute Gasteiger partial charge is 0.0221 e. The Labute approximate surface area is 88.1 Å². The summed E-state index contributed by atoms with van der Waals surface area (Å²) in [6.45, 7) is 7.52. The van der Waals surface area contributed by atoms with Crippen molar-refractivity contribution in [2.24, 2.45) is 5.92 Å². The predicted octanol–water partition coefficient (Wildman–Crippen LogP) is 1.86. The first kappa shape index (κ1) is 10.4. The average molecular weight is 196 g/mol. The fraction of sp³-hybridized carbons (Fsp3) is 1.00. The van der Waals surface area contributed by atoms with Crippen LogP contribution in [0.2, 0.25) is 0 Å². The SMILES string of the molecule is CCC1CCCN(C2CCCNC2)C1. The van der Waals surface area contributed by atoms with Gasteiger partial charge in [-0.2, -0.15) is 0 Å². The number of hydrogen-bond acceptors (Lipinski definition) is 2. The molecule has 0 aliphatic carbocycles. The van der Waals surface area contributed by atoms with Crippen LogP contribution in [-0.2, 0) is 0 Å². The van der Waals surface area contributed by atoms with Crippen molar-refractivity contribution in [2.45, 2.75) is 45.1 Å². The molecular weight excluding hydrogens is 172 g/mol. The summed E-state index contributed by atoms with van der Waals surface area (Å²) in [7, 11) is 0. The lowest BCUT2D eigenvalue weighted by Gasteiger charge is -2.40. The third kappa shape index (κ3) is 2.48. The van der Waals surface area contributed by atoms with Gasteiger partial charge in [-0.15, -0.1) is 0 Å². The van der Waals surface area contributed by atoms with Crippen LogP contribution in [0.4, 0.5) is 0 Å². The van der Waals surface area contributed by atoms with Crippen LogP contribution in [0.5, 0.6) is 0 Å². The molecule has 2 aliphatic heterocycles. The summed E-state index contributed by atoms with van der Waals surface area (Å²) >= 11 is 0. The molecule has 0 bridgehead atoms. The average Bonchev–Trinajstić information content (AvgIpc) is 2.30. The topological polar surface area (TPSA) is 15.3 Å². The third-order valence-electron chi connectivity index (χ3n) is 3.92. The van der Waals surface area contributed by atoms with E-state index in [0.717, 1.165) is 12.0 Å². The molecule has 0 spiro atoms. The largest absolute Gasteiger partial charge is 0.315 e. The predicted molar refractivity (Wildman–Crippen MR) is 60.5 cm³/mol. The van der Waals surface area contributed by atoms with Crippen LogP contribution < -0.4 is 5.32 Å². The minimum Gasteiger partial charge on any atom is -0.315 e. The normalized spacial score (nSPS) is 35.8. The highest BCUT2D eigenvalue weighted by Crippen LogP contribution is 2.22. The summed E-state index contributed by atoms with van der Waals surface area (Å²) in [5.41, 5.74) is 0. The lowest BCUT2D eigenvalue weighted by molar-refractivity contribution is 0.104. The van der Waals surface area contributed by atoms with Gasteiger partial charge < -0.3 is 5.32 Å². The van der Waals surface area contributed by atoms with Crippen molar-refractivity contribution >= 4 is 0 Å². The van der Waals surface area contributed by atoms with Crippen LogP contribution in [0.25, 0.3) is 0 Å². The van der Waals surface area contributed by atoms with Crippen LogP contribution in [0.15, 0.2) is 0 Å². The molecule has 82 valence electrons. The highest BCUT2D eigenvalue weighted by molar-refractivity contribution is 4.82. The van der Waals surface area contributed by atoms with E-state index < -0.39 is 0 Å². The minimum atomic E-state index is 0.845. The lowest BCUT2D eigenvalue weighted by atomic mass is 9.93. The Morgan fingerprint density at radius 2 is 2.21 bits per heavy atom. The van der Waals surface area contributed by atoms with E-state index in [1.54, 1.807) is 0 Å². The van der Waals surface area contributed by atoms with Crippen molar-refractivity contribution < 1.29 is 0 Å². The number of nitrogens with one attached hydrogen (secondary N) is 1. The van der Waals surface area contributed by atoms with Gasteiger partial charge in [0, 0.05) is 19.1 Å². The van der Waals surface area contributed by atoms with Gasteiger partial charge in [0.25, 0.3) is 0 Å². The van der Waals surface area contributed by atoms with Crippen molar-refractivity contribution in [3.05, 3.63) is 0 Å². The van der Waals surface area contributed by atoms with E-state index in [-0.39, 0.29) is 0 Å². The molecule has 2 heteroatoms. The molecule has 2 fully saturated rings. The van der Waals surface area contributed by atoms with Gasteiger partial charge in [0.05, 0.1) is 0 Å². The Morgan fingerprint density at radius 3 is 2.93 bits per heavy atom. The highest BCUT2D eigenvalue weighted by Gasteiger charge is 2.25. The lowest BCUT2D eigenvalue weighted by Crippen LogP contribution is -2.49. The molecule has 0 radical (unpaired) electrons. The van der Waals surface area contributed by atoms with Gasteiger partial charge in [-0.1, -0.05) is 13.3 Å². The first-order chi connectivity index (χ1) is 6.90. The van der Waals surface area contributed by atoms with Crippen molar-refractivity contribution in [2.75, 3.05) is 26.2 Å². The van der Waals surface area contributed by atoms with Gasteiger partial charge in [-0.05, 0) is 44.7 Å². The van der Waals surface area contributed by atoms with Crippen LogP contribution >= 0.6 is 0 Å². The van der Waals surface area contributed by atoms with Crippen molar-refractivity contribution in [1.82, 2.24) is 10.2 Å². The first-order valence-electron chi connectivity index (χ1n) is 6.35. The molecule has 2 heterocycles. The second-order valence-corrected chi connectivity index (χ2v) is 4.91. The summed E-state index contributed by atoms with van der Waals surface area (Å²) < 4.78 is 0. The molecule has 0 amide bonds. The van der Waals surface area contributed by atoms with E-state index >= 15 is 0 Å². The fourth-order valence-electron chi connectivity index (χ4n) is 2.91. The van der Waals surface area contributed by atoms with Gasteiger partial charge >= 0.3 is 0 Å². The minimum absolute atomic E-state index is 0.845. The summed E-state index contributed by atoms with van der Waals surface area (Å²) in [4.78, 5) is 2.74. The van der Waals surface area contributed by atoms with Crippen molar-refractivity contribution in [1.29, 1.82) is 0 Å². The maximum absolute atomic E-state index is 3.52. The monoisotopic (exact) mass is 196 g/mol. The van der Waals surface area contributed by atoms with E-state index in [1.165, 1.54) is 58.3 Å². The van der Waals surface area contributed by atoms with E-state index in [9.17, 15) is 0 Å². The molecule has 0 saturated carbocycles. The maximum atomic E-state index is 3.52. The quantitative estimate of drug-likeness (QED) is 0.725. The summed E-state index contributed by atoms with van der Waals surface area (Å²) in [5, 5.41) is 3.52. The van der Waals surface area contributed by atoms with E-state index in [4.69, 9.17) is 0 Å². The molecule has 0 aromatic carbocycles. The molecule has 2 saturated heterocycles. The van der Waals surface area contributed by atoms with Crippen LogP contribution in [0.1, 0.15) is 39.0 Å². The molecule has 2 rings (SSSR count). The molecule has 1 N–H and O–H groups in total. The number of piperidine rings is 2. The molecule has 0 aromatic heterocycles. The Hall–Kier alpha value is -0.0800. The number of hydrogen-bond donors (Lipinski definition) is 1. The van der Waals surface area contributed by atoms with E-state index in [2.05, 4.69) is 17.1 Å². The van der Waals surface area contributed by atoms with E-state index in [1.807, 2.05) is 0 Å². The fourth-order valence-corrected chi connectivity index (χ4v) is 2.91. The molecule has 2 atom stereocenters. The molecule has 2 nitrogen and oxygen atoms in total. The Balaban J connectivity index is 1.83. The van der Waals surface area contributed by atoms with Crippen LogP contribution in [0, 0.1) is 5.92 Å². The van der Waals surface area contributed by atoms with Crippen molar-refractivity contribution in [3.8, 4) is 0 Å². The zero-order valence-electron chi connectivity index (χ0n) is 9.47. The zero-order valence-corrected chi connectivity index (χ0v) is 9.47. The molecule has 2 unspecified atom stereocenters. The second-order valence-electron chi connectivity index (χ2n) is 4.91. The van der Waals surface area contributed by atoms with Gasteiger partial charge in [0.1, 0.15) is 0 Å². The van der Waals surface area contributed by atoms with Gasteiger partial charge in [0.2, 0.25) is 0 Å². The Bertz CT molecular complexity index is 164. The van der Waals surface area contributed by atoms with E-state index in [0.29, 0.717) is 0 Å². The van der Waals surface area contributed by atoms with Gasteiger partial charge in [-0.25, -0.2) is 0 Å². The standard InChI is InChI=1S/C12H24N2/c1-2-11-5-4-8-14(10-11)12-6-3-7-13-9-12/h11-13H,2-10H2,1H3. The Morgan fingerprint density at radius 1 is 1.29 bits per heavy atom. The van der Waals surface area contributed by atoms with Crippen LogP contribution in [0.3, 0.4) is 0 Å². The zero-order chi connectivity index (χ0) is 9.80. The molecular formula is C12H24N2. The Kier molecular flexibility index (Phi) is 3.82. The number of rotatable bonds is 2. The summed E-state index contributed by atoms with van der Waals surface area (Å²) in [6, 6.07) is 0.845. The first-order valence-corrected chi connectivity index (χ1v) is 6.35. The molecule has 2 aliphatic rings. The van der Waals surface area contributed by atoms with Gasteiger partial charge in [-0.3, -0.25) is 4.90 Å². The number of nitrogens with zero attached hydrogens (tertiary/aromatic N) is 1. The molecule has 14 heavy (non-hydrogen) atoms. The van der Waals surface area contributed by atoms with Crippen molar-refractivity contribution in [3.63, 3.8) is 0 Å². The third-order valence-corrected chi connectivity index (χ3v) is 3.92. The second kappa shape index (κ2) is 5.13. The summed E-state index contributed by atoms with van der Waals surface area (Å²) in [6.07, 6.45) is 7.06. The number of likely N-dealkylation sites (tertiary alicyclic amines) is 1. The molecule has 0 aromatic rings.